The number of aliphatic hydroxyl groups is 1. The fraction of sp³-hybridized carbons (Fsp3) is 1.00. The highest BCUT2D eigenvalue weighted by Gasteiger charge is 2.31. The van der Waals surface area contributed by atoms with Crippen molar-refractivity contribution in [1.82, 2.24) is 0 Å². The SMILES string of the molecule is CC1(C)OC[C@H](CCCCCO)O1. The molecule has 1 heterocycles. The Hall–Kier alpha value is -0.120. The van der Waals surface area contributed by atoms with Crippen molar-refractivity contribution in [3.63, 3.8) is 0 Å². The minimum absolute atomic E-state index is 0.258. The second kappa shape index (κ2) is 4.94. The molecule has 0 aromatic carbocycles. The van der Waals surface area contributed by atoms with E-state index < -0.39 is 0 Å². The van der Waals surface area contributed by atoms with Crippen LogP contribution in [0.5, 0.6) is 0 Å². The van der Waals surface area contributed by atoms with Crippen LogP contribution in [0, 0.1) is 0 Å². The van der Waals surface area contributed by atoms with Gasteiger partial charge in [-0.2, -0.15) is 0 Å². The van der Waals surface area contributed by atoms with Gasteiger partial charge in [0.15, 0.2) is 5.79 Å². The molecule has 1 saturated heterocycles. The first-order chi connectivity index (χ1) is 6.14. The summed E-state index contributed by atoms with van der Waals surface area (Å²) in [5.74, 6) is -0.387. The average Bonchev–Trinajstić information content (AvgIpc) is 2.40. The van der Waals surface area contributed by atoms with E-state index in [1.807, 2.05) is 13.8 Å². The molecule has 1 aliphatic rings. The van der Waals surface area contributed by atoms with Gasteiger partial charge in [-0.1, -0.05) is 12.8 Å². The number of unbranched alkanes of at least 4 members (excludes halogenated alkanes) is 2. The molecule has 78 valence electrons. The molecular weight excluding hydrogens is 168 g/mol. The van der Waals surface area contributed by atoms with Gasteiger partial charge in [0.25, 0.3) is 0 Å². The summed E-state index contributed by atoms with van der Waals surface area (Å²) in [5.41, 5.74) is 0. The van der Waals surface area contributed by atoms with Gasteiger partial charge >= 0.3 is 0 Å². The molecule has 3 heteroatoms. The number of rotatable bonds is 5. The maximum absolute atomic E-state index is 8.59. The van der Waals surface area contributed by atoms with Crippen molar-refractivity contribution in [2.75, 3.05) is 13.2 Å². The number of ether oxygens (including phenoxy) is 2. The molecule has 1 atom stereocenters. The van der Waals surface area contributed by atoms with Crippen LogP contribution in [-0.2, 0) is 9.47 Å². The summed E-state index contributed by atoms with van der Waals surface area (Å²) in [6.45, 7) is 4.90. The molecule has 0 bridgehead atoms. The zero-order valence-corrected chi connectivity index (χ0v) is 8.58. The third kappa shape index (κ3) is 4.07. The van der Waals surface area contributed by atoms with E-state index in [1.54, 1.807) is 0 Å². The van der Waals surface area contributed by atoms with Crippen molar-refractivity contribution in [2.45, 2.75) is 51.4 Å². The van der Waals surface area contributed by atoms with Crippen LogP contribution in [0.15, 0.2) is 0 Å². The van der Waals surface area contributed by atoms with Crippen LogP contribution in [0.3, 0.4) is 0 Å². The molecule has 0 unspecified atom stereocenters. The van der Waals surface area contributed by atoms with Gasteiger partial charge in [-0.05, 0) is 26.7 Å². The van der Waals surface area contributed by atoms with Gasteiger partial charge in [0.05, 0.1) is 12.7 Å². The normalized spacial score (nSPS) is 26.5. The van der Waals surface area contributed by atoms with Gasteiger partial charge in [-0.25, -0.2) is 0 Å². The van der Waals surface area contributed by atoms with Crippen LogP contribution in [0.4, 0.5) is 0 Å². The van der Waals surface area contributed by atoms with Gasteiger partial charge in [0.1, 0.15) is 0 Å². The Kier molecular flexibility index (Phi) is 4.16. The predicted octanol–water partition coefficient (Wildman–Crippen LogP) is 1.69. The van der Waals surface area contributed by atoms with Crippen LogP contribution < -0.4 is 0 Å². The van der Waals surface area contributed by atoms with E-state index in [9.17, 15) is 0 Å². The molecule has 0 amide bonds. The Balaban J connectivity index is 2.04. The highest BCUT2D eigenvalue weighted by molar-refractivity contribution is 4.70. The summed E-state index contributed by atoms with van der Waals surface area (Å²) in [6, 6.07) is 0. The standard InChI is InChI=1S/C10H20O3/c1-10(2)12-8-9(13-10)6-4-3-5-7-11/h9,11H,3-8H2,1-2H3/t9-/m0/s1. The molecule has 13 heavy (non-hydrogen) atoms. The van der Waals surface area contributed by atoms with Crippen LogP contribution in [-0.4, -0.2) is 30.2 Å². The van der Waals surface area contributed by atoms with Gasteiger partial charge in [-0.3, -0.25) is 0 Å². The first-order valence-corrected chi connectivity index (χ1v) is 5.07. The lowest BCUT2D eigenvalue weighted by atomic mass is 10.1. The zero-order valence-electron chi connectivity index (χ0n) is 8.58. The molecule has 0 saturated carbocycles. The van der Waals surface area contributed by atoms with Crippen molar-refractivity contribution in [3.8, 4) is 0 Å². The third-order valence-electron chi connectivity index (χ3n) is 2.25. The topological polar surface area (TPSA) is 38.7 Å². The fourth-order valence-corrected chi connectivity index (χ4v) is 1.57. The Bertz CT molecular complexity index is 145. The number of hydrogen-bond acceptors (Lipinski definition) is 3. The minimum atomic E-state index is -0.387. The van der Waals surface area contributed by atoms with Crippen LogP contribution in [0.2, 0.25) is 0 Å². The Morgan fingerprint density at radius 3 is 2.62 bits per heavy atom. The van der Waals surface area contributed by atoms with E-state index in [4.69, 9.17) is 14.6 Å². The highest BCUT2D eigenvalue weighted by atomic mass is 16.7. The van der Waals surface area contributed by atoms with Crippen molar-refractivity contribution in [1.29, 1.82) is 0 Å². The van der Waals surface area contributed by atoms with Crippen molar-refractivity contribution in [2.24, 2.45) is 0 Å². The summed E-state index contributed by atoms with van der Waals surface area (Å²) >= 11 is 0. The van der Waals surface area contributed by atoms with Gasteiger partial charge in [0.2, 0.25) is 0 Å². The second-order valence-corrected chi connectivity index (χ2v) is 4.02. The summed E-state index contributed by atoms with van der Waals surface area (Å²) < 4.78 is 11.1. The summed E-state index contributed by atoms with van der Waals surface area (Å²) in [7, 11) is 0. The van der Waals surface area contributed by atoms with Crippen molar-refractivity contribution >= 4 is 0 Å². The quantitative estimate of drug-likeness (QED) is 0.667. The lowest BCUT2D eigenvalue weighted by Crippen LogP contribution is -2.21. The Morgan fingerprint density at radius 2 is 2.08 bits per heavy atom. The minimum Gasteiger partial charge on any atom is -0.396 e. The van der Waals surface area contributed by atoms with Crippen LogP contribution in [0.25, 0.3) is 0 Å². The summed E-state index contributed by atoms with van der Waals surface area (Å²) in [5, 5.41) is 8.59. The van der Waals surface area contributed by atoms with Crippen molar-refractivity contribution < 1.29 is 14.6 Å². The molecule has 0 aromatic heterocycles. The molecule has 1 aliphatic heterocycles. The predicted molar refractivity (Wildman–Crippen MR) is 50.5 cm³/mol. The first kappa shape index (κ1) is 11.0. The molecule has 1 N–H and O–H groups in total. The highest BCUT2D eigenvalue weighted by Crippen LogP contribution is 2.25. The van der Waals surface area contributed by atoms with E-state index in [2.05, 4.69) is 0 Å². The molecule has 3 nitrogen and oxygen atoms in total. The van der Waals surface area contributed by atoms with E-state index in [-0.39, 0.29) is 11.9 Å². The zero-order chi connectivity index (χ0) is 9.73. The molecule has 0 radical (unpaired) electrons. The Morgan fingerprint density at radius 1 is 1.31 bits per heavy atom. The van der Waals surface area contributed by atoms with Gasteiger partial charge in [-0.15, -0.1) is 0 Å². The van der Waals surface area contributed by atoms with Crippen LogP contribution >= 0.6 is 0 Å². The average molecular weight is 188 g/mol. The van der Waals surface area contributed by atoms with E-state index in [1.165, 1.54) is 0 Å². The van der Waals surface area contributed by atoms with Gasteiger partial charge < -0.3 is 14.6 Å². The second-order valence-electron chi connectivity index (χ2n) is 4.02. The number of hydrogen-bond donors (Lipinski definition) is 1. The first-order valence-electron chi connectivity index (χ1n) is 5.07. The third-order valence-corrected chi connectivity index (χ3v) is 2.25. The molecular formula is C10H20O3. The molecule has 1 fully saturated rings. The van der Waals surface area contributed by atoms with E-state index in [0.717, 1.165) is 25.7 Å². The summed E-state index contributed by atoms with van der Waals surface area (Å²) in [4.78, 5) is 0. The van der Waals surface area contributed by atoms with Gasteiger partial charge in [0, 0.05) is 6.61 Å². The van der Waals surface area contributed by atoms with E-state index in [0.29, 0.717) is 13.2 Å². The molecule has 1 rings (SSSR count). The Labute approximate surface area is 80.0 Å². The molecule has 0 aromatic rings. The smallest absolute Gasteiger partial charge is 0.163 e. The summed E-state index contributed by atoms with van der Waals surface area (Å²) in [6.07, 6.45) is 4.40. The molecule has 0 spiro atoms. The lowest BCUT2D eigenvalue weighted by molar-refractivity contribution is -0.139. The van der Waals surface area contributed by atoms with Crippen LogP contribution in [0.1, 0.15) is 39.5 Å². The monoisotopic (exact) mass is 188 g/mol. The van der Waals surface area contributed by atoms with Crippen molar-refractivity contribution in [3.05, 3.63) is 0 Å². The van der Waals surface area contributed by atoms with E-state index >= 15 is 0 Å². The largest absolute Gasteiger partial charge is 0.396 e. The maximum atomic E-state index is 8.59. The maximum Gasteiger partial charge on any atom is 0.163 e. The number of aliphatic hydroxyl groups excluding tert-OH is 1. The fourth-order valence-electron chi connectivity index (χ4n) is 1.57. The molecule has 0 aliphatic carbocycles. The lowest BCUT2D eigenvalue weighted by Gasteiger charge is -2.16.